The first kappa shape index (κ1) is 20.7. The second-order valence-corrected chi connectivity index (χ2v) is 7.56. The third kappa shape index (κ3) is 4.35. The highest BCUT2D eigenvalue weighted by atomic mass is 79.9. The topological polar surface area (TPSA) is 94.6 Å². The maximum absolute atomic E-state index is 11.5. The fraction of sp³-hybridized carbons (Fsp3) is 0.182. The molecule has 3 aromatic rings. The summed E-state index contributed by atoms with van der Waals surface area (Å²) < 4.78 is 8.45. The van der Waals surface area contributed by atoms with E-state index in [1.165, 1.54) is 0 Å². The summed E-state index contributed by atoms with van der Waals surface area (Å²) in [4.78, 5) is 22.7. The van der Waals surface area contributed by atoms with Crippen LogP contribution in [0.2, 0.25) is 0 Å². The molecule has 0 spiro atoms. The van der Waals surface area contributed by atoms with Gasteiger partial charge in [-0.2, -0.15) is 0 Å². The summed E-state index contributed by atoms with van der Waals surface area (Å²) in [5, 5.41) is 9.14. The molecule has 1 amide bonds. The van der Waals surface area contributed by atoms with Gasteiger partial charge in [0.15, 0.2) is 0 Å². The van der Waals surface area contributed by atoms with Gasteiger partial charge in [-0.3, -0.25) is 9.59 Å². The van der Waals surface area contributed by atoms with Gasteiger partial charge in [0.2, 0.25) is 5.91 Å². The Labute approximate surface area is 177 Å². The van der Waals surface area contributed by atoms with Crippen molar-refractivity contribution < 1.29 is 19.4 Å². The van der Waals surface area contributed by atoms with Crippen molar-refractivity contribution in [3.8, 4) is 22.7 Å². The number of nitrogens with two attached hydrogens (primary N) is 1. The summed E-state index contributed by atoms with van der Waals surface area (Å²) in [7, 11) is 1.61. The summed E-state index contributed by atoms with van der Waals surface area (Å²) in [5.41, 5.74) is 10.1. The number of benzene rings is 2. The molecule has 0 bridgehead atoms. The number of aliphatic carboxylic acids is 1. The molecule has 0 atom stereocenters. The lowest BCUT2D eigenvalue weighted by Gasteiger charge is -2.18. The van der Waals surface area contributed by atoms with Crippen molar-refractivity contribution in [3.05, 3.63) is 69.8 Å². The highest BCUT2D eigenvalue weighted by molar-refractivity contribution is 9.10. The first-order valence-corrected chi connectivity index (χ1v) is 9.78. The number of hydrogen-bond acceptors (Lipinski definition) is 3. The Morgan fingerprint density at radius 1 is 1.14 bits per heavy atom. The molecule has 7 heteroatoms. The van der Waals surface area contributed by atoms with Crippen molar-refractivity contribution in [2.45, 2.75) is 19.8 Å². The number of carbonyl (C=O) groups excluding carboxylic acids is 1. The molecule has 0 aliphatic carbocycles. The van der Waals surface area contributed by atoms with Gasteiger partial charge in [0.05, 0.1) is 19.2 Å². The number of nitrogens with zero attached hydrogens (tertiary/aromatic N) is 1. The zero-order valence-electron chi connectivity index (χ0n) is 16.1. The summed E-state index contributed by atoms with van der Waals surface area (Å²) in [5.74, 6) is -0.656. The number of rotatable bonds is 7. The standard InChI is InChI=1S/C22H21BrN2O4/c1-13-11-14(22(24)28)3-7-18(13)25-16(6-10-21(26)27)5-8-19(25)17-12-15(23)4-9-20(17)29-2/h3-5,7-9,11-12H,6,10H2,1-2H3,(H2,24,28)(H,26,27). The predicted molar refractivity (Wildman–Crippen MR) is 115 cm³/mol. The molecule has 0 aliphatic rings. The van der Waals surface area contributed by atoms with Gasteiger partial charge in [0.25, 0.3) is 0 Å². The summed E-state index contributed by atoms with van der Waals surface area (Å²) in [6, 6.07) is 14.8. The van der Waals surface area contributed by atoms with Gasteiger partial charge in [0, 0.05) is 27.0 Å². The highest BCUT2D eigenvalue weighted by Gasteiger charge is 2.18. The molecule has 29 heavy (non-hydrogen) atoms. The van der Waals surface area contributed by atoms with Crippen LogP contribution in [0.4, 0.5) is 0 Å². The molecule has 1 heterocycles. The fourth-order valence-electron chi connectivity index (χ4n) is 3.34. The Morgan fingerprint density at radius 2 is 1.90 bits per heavy atom. The van der Waals surface area contributed by atoms with Gasteiger partial charge >= 0.3 is 5.97 Å². The number of aryl methyl sites for hydroxylation is 2. The molecule has 0 radical (unpaired) electrons. The van der Waals surface area contributed by atoms with E-state index in [1.54, 1.807) is 19.2 Å². The quantitative estimate of drug-likeness (QED) is 0.552. The third-order valence-electron chi connectivity index (χ3n) is 4.72. The van der Waals surface area contributed by atoms with Crippen molar-refractivity contribution in [2.75, 3.05) is 7.11 Å². The molecule has 0 saturated heterocycles. The van der Waals surface area contributed by atoms with Gasteiger partial charge in [-0.25, -0.2) is 0 Å². The van der Waals surface area contributed by atoms with E-state index in [9.17, 15) is 9.59 Å². The minimum Gasteiger partial charge on any atom is -0.496 e. The molecule has 0 aliphatic heterocycles. The molecule has 150 valence electrons. The SMILES string of the molecule is COc1ccc(Br)cc1-c1ccc(CCC(=O)O)n1-c1ccc(C(N)=O)cc1C. The number of primary amides is 1. The van der Waals surface area contributed by atoms with Crippen LogP contribution in [-0.4, -0.2) is 28.7 Å². The third-order valence-corrected chi connectivity index (χ3v) is 5.21. The Morgan fingerprint density at radius 3 is 2.52 bits per heavy atom. The van der Waals surface area contributed by atoms with Crippen LogP contribution in [0.25, 0.3) is 16.9 Å². The summed E-state index contributed by atoms with van der Waals surface area (Å²) in [6.45, 7) is 1.89. The van der Waals surface area contributed by atoms with Crippen molar-refractivity contribution in [1.29, 1.82) is 0 Å². The molecular formula is C22H21BrN2O4. The van der Waals surface area contributed by atoms with Crippen LogP contribution < -0.4 is 10.5 Å². The summed E-state index contributed by atoms with van der Waals surface area (Å²) >= 11 is 3.51. The number of methoxy groups -OCH3 is 1. The van der Waals surface area contributed by atoms with Crippen molar-refractivity contribution >= 4 is 27.8 Å². The number of halogens is 1. The molecular weight excluding hydrogens is 436 g/mol. The minimum absolute atomic E-state index is 0.0114. The number of carbonyl (C=O) groups is 2. The fourth-order valence-corrected chi connectivity index (χ4v) is 3.70. The van der Waals surface area contributed by atoms with Gasteiger partial charge in [-0.1, -0.05) is 15.9 Å². The molecule has 6 nitrogen and oxygen atoms in total. The second-order valence-electron chi connectivity index (χ2n) is 6.65. The number of carboxylic acids is 1. The number of aromatic nitrogens is 1. The van der Waals surface area contributed by atoms with Crippen LogP contribution in [-0.2, 0) is 11.2 Å². The van der Waals surface area contributed by atoms with Crippen molar-refractivity contribution in [2.24, 2.45) is 5.73 Å². The number of ether oxygens (including phenoxy) is 1. The van der Waals surface area contributed by atoms with Gasteiger partial charge in [-0.15, -0.1) is 0 Å². The van der Waals surface area contributed by atoms with Crippen LogP contribution in [0.1, 0.15) is 28.0 Å². The smallest absolute Gasteiger partial charge is 0.303 e. The van der Waals surface area contributed by atoms with E-state index in [0.29, 0.717) is 17.7 Å². The number of hydrogen-bond donors (Lipinski definition) is 2. The first-order valence-electron chi connectivity index (χ1n) is 8.99. The zero-order chi connectivity index (χ0) is 21.1. The molecule has 2 aromatic carbocycles. The van der Waals surface area contributed by atoms with Gasteiger partial charge in [-0.05, 0) is 67.4 Å². The van der Waals surface area contributed by atoms with Crippen LogP contribution in [0.15, 0.2) is 53.0 Å². The zero-order valence-corrected chi connectivity index (χ0v) is 17.7. The lowest BCUT2D eigenvalue weighted by molar-refractivity contribution is -0.136. The number of amides is 1. The van der Waals surface area contributed by atoms with E-state index >= 15 is 0 Å². The van der Waals surface area contributed by atoms with Crippen LogP contribution in [0.3, 0.4) is 0 Å². The average Bonchev–Trinajstić information content (AvgIpc) is 3.09. The number of carboxylic acid groups (broad SMARTS) is 1. The van der Waals surface area contributed by atoms with Gasteiger partial charge in [0.1, 0.15) is 5.75 Å². The van der Waals surface area contributed by atoms with E-state index in [4.69, 9.17) is 15.6 Å². The monoisotopic (exact) mass is 456 g/mol. The van der Waals surface area contributed by atoms with Crippen LogP contribution in [0, 0.1) is 6.92 Å². The van der Waals surface area contributed by atoms with E-state index in [2.05, 4.69) is 15.9 Å². The molecule has 1 aromatic heterocycles. The van der Waals surface area contributed by atoms with Crippen molar-refractivity contribution in [1.82, 2.24) is 4.57 Å². The molecule has 0 unspecified atom stereocenters. The normalized spacial score (nSPS) is 10.7. The maximum Gasteiger partial charge on any atom is 0.303 e. The van der Waals surface area contributed by atoms with E-state index in [0.717, 1.165) is 32.7 Å². The Bertz CT molecular complexity index is 1090. The van der Waals surface area contributed by atoms with Crippen LogP contribution in [0.5, 0.6) is 5.75 Å². The van der Waals surface area contributed by atoms with Crippen molar-refractivity contribution in [3.63, 3.8) is 0 Å². The molecule has 3 rings (SSSR count). The Balaban J connectivity index is 2.23. The molecule has 3 N–H and O–H groups in total. The van der Waals surface area contributed by atoms with Crippen LogP contribution >= 0.6 is 15.9 Å². The highest BCUT2D eigenvalue weighted by Crippen LogP contribution is 2.36. The predicted octanol–water partition coefficient (Wildman–Crippen LogP) is 4.34. The van der Waals surface area contributed by atoms with E-state index in [1.807, 2.05) is 47.9 Å². The maximum atomic E-state index is 11.5. The minimum atomic E-state index is -0.861. The first-order chi connectivity index (χ1) is 13.8. The average molecular weight is 457 g/mol. The largest absolute Gasteiger partial charge is 0.496 e. The van der Waals surface area contributed by atoms with E-state index in [-0.39, 0.29) is 6.42 Å². The lowest BCUT2D eigenvalue weighted by atomic mass is 10.1. The Hall–Kier alpha value is -3.06. The van der Waals surface area contributed by atoms with E-state index < -0.39 is 11.9 Å². The lowest BCUT2D eigenvalue weighted by Crippen LogP contribution is -2.12. The molecule has 0 fully saturated rings. The summed E-state index contributed by atoms with van der Waals surface area (Å²) in [6.07, 6.45) is 0.375. The Kier molecular flexibility index (Phi) is 6.08. The van der Waals surface area contributed by atoms with Gasteiger partial charge < -0.3 is 20.1 Å². The second kappa shape index (κ2) is 8.53. The molecule has 0 saturated carbocycles.